The molecular formula is C30H30FN5O3. The standard InChI is InChI=1S/C30H30FN5O3/c1-17-21-5-3-2-4-18(21)10-11-36(17)30(39)25-14-35-13-24(33-29(35)28(32-25)19-6-7-19)22-9-8-20(12-23(22)31)34-15-26(37)27(38)16-34/h2-5,8-9,12-14,17,19,26-27,37-38H,6-7,10-11,15-16H2,1H3/t17-,26+,27+/m1/s1. The Morgan fingerprint density at radius 1 is 1.03 bits per heavy atom. The van der Waals surface area contributed by atoms with Crippen LogP contribution in [0.5, 0.6) is 0 Å². The van der Waals surface area contributed by atoms with Crippen molar-refractivity contribution in [3.05, 3.63) is 83.2 Å². The number of halogens is 1. The number of amides is 1. The molecule has 4 aromatic rings. The Hall–Kier alpha value is -3.82. The van der Waals surface area contributed by atoms with E-state index in [1.165, 1.54) is 17.2 Å². The molecule has 0 spiro atoms. The second-order valence-corrected chi connectivity index (χ2v) is 11.0. The summed E-state index contributed by atoms with van der Waals surface area (Å²) in [4.78, 5) is 26.9. The largest absolute Gasteiger partial charge is 0.389 e. The second-order valence-electron chi connectivity index (χ2n) is 11.0. The molecule has 1 saturated carbocycles. The molecule has 0 radical (unpaired) electrons. The van der Waals surface area contributed by atoms with E-state index in [0.29, 0.717) is 34.8 Å². The number of carbonyl (C=O) groups is 1. The van der Waals surface area contributed by atoms with E-state index < -0.39 is 18.0 Å². The summed E-state index contributed by atoms with van der Waals surface area (Å²) >= 11 is 0. The monoisotopic (exact) mass is 527 g/mol. The minimum Gasteiger partial charge on any atom is -0.389 e. The molecule has 4 heterocycles. The fourth-order valence-corrected chi connectivity index (χ4v) is 5.97. The van der Waals surface area contributed by atoms with E-state index >= 15 is 4.39 Å². The van der Waals surface area contributed by atoms with Crippen molar-refractivity contribution in [3.63, 3.8) is 0 Å². The predicted molar refractivity (Wildman–Crippen MR) is 144 cm³/mol. The van der Waals surface area contributed by atoms with Crippen molar-refractivity contribution < 1.29 is 19.4 Å². The van der Waals surface area contributed by atoms with Gasteiger partial charge in [-0.3, -0.25) is 4.79 Å². The Morgan fingerprint density at radius 2 is 1.79 bits per heavy atom. The average molecular weight is 528 g/mol. The number of imidazole rings is 1. The number of aromatic nitrogens is 3. The first kappa shape index (κ1) is 24.2. The number of fused-ring (bicyclic) bond motifs is 2. The molecule has 1 amide bonds. The minimum atomic E-state index is -0.848. The fraction of sp³-hybridized carbons (Fsp3) is 0.367. The van der Waals surface area contributed by atoms with Gasteiger partial charge in [0.2, 0.25) is 0 Å². The SMILES string of the molecule is C[C@@H]1c2ccccc2CCN1C(=O)c1cn2cc(-c3ccc(N4C[C@H](O)[C@@H](O)C4)cc3F)nc2c(C2CC2)n1. The van der Waals surface area contributed by atoms with Crippen LogP contribution in [0.15, 0.2) is 54.9 Å². The van der Waals surface area contributed by atoms with Crippen molar-refractivity contribution in [1.82, 2.24) is 19.3 Å². The number of rotatable bonds is 4. The first-order chi connectivity index (χ1) is 18.9. The third-order valence-electron chi connectivity index (χ3n) is 8.36. The molecule has 39 heavy (non-hydrogen) atoms. The number of hydrogen-bond donors (Lipinski definition) is 2. The van der Waals surface area contributed by atoms with Crippen LogP contribution >= 0.6 is 0 Å². The Bertz CT molecular complexity index is 1590. The summed E-state index contributed by atoms with van der Waals surface area (Å²) in [6.07, 6.45) is 4.57. The maximum atomic E-state index is 15.3. The Labute approximate surface area is 225 Å². The molecule has 1 aliphatic carbocycles. The van der Waals surface area contributed by atoms with Gasteiger partial charge in [0.15, 0.2) is 5.65 Å². The summed E-state index contributed by atoms with van der Waals surface area (Å²) < 4.78 is 17.1. The smallest absolute Gasteiger partial charge is 0.274 e. The molecule has 3 atom stereocenters. The van der Waals surface area contributed by atoms with Crippen molar-refractivity contribution in [2.45, 2.75) is 50.4 Å². The lowest BCUT2D eigenvalue weighted by Crippen LogP contribution is -2.39. The predicted octanol–water partition coefficient (Wildman–Crippen LogP) is 3.71. The average Bonchev–Trinajstić information content (AvgIpc) is 3.61. The van der Waals surface area contributed by atoms with Crippen molar-refractivity contribution in [3.8, 4) is 11.3 Å². The molecule has 200 valence electrons. The first-order valence-corrected chi connectivity index (χ1v) is 13.6. The Balaban J connectivity index is 1.22. The van der Waals surface area contributed by atoms with E-state index in [2.05, 4.69) is 19.1 Å². The quantitative estimate of drug-likeness (QED) is 0.420. The van der Waals surface area contributed by atoms with Crippen LogP contribution in [0, 0.1) is 5.82 Å². The van der Waals surface area contributed by atoms with Crippen molar-refractivity contribution in [2.24, 2.45) is 0 Å². The van der Waals surface area contributed by atoms with Gasteiger partial charge in [-0.1, -0.05) is 24.3 Å². The third-order valence-corrected chi connectivity index (χ3v) is 8.36. The van der Waals surface area contributed by atoms with Gasteiger partial charge >= 0.3 is 0 Å². The van der Waals surface area contributed by atoms with E-state index in [0.717, 1.165) is 25.0 Å². The number of nitrogens with zero attached hydrogens (tertiary/aromatic N) is 5. The van der Waals surface area contributed by atoms with Gasteiger partial charge in [0.25, 0.3) is 5.91 Å². The molecule has 1 saturated heterocycles. The summed E-state index contributed by atoms with van der Waals surface area (Å²) in [7, 11) is 0. The number of anilines is 1. The lowest BCUT2D eigenvalue weighted by atomic mass is 9.93. The zero-order valence-corrected chi connectivity index (χ0v) is 21.7. The van der Waals surface area contributed by atoms with Gasteiger partial charge in [-0.05, 0) is 55.5 Å². The maximum absolute atomic E-state index is 15.3. The molecule has 0 bridgehead atoms. The number of benzene rings is 2. The summed E-state index contributed by atoms with van der Waals surface area (Å²) in [5, 5.41) is 19.7. The summed E-state index contributed by atoms with van der Waals surface area (Å²) in [5.74, 6) is -0.304. The molecule has 2 N–H and O–H groups in total. The van der Waals surface area contributed by atoms with Gasteiger partial charge < -0.3 is 24.4 Å². The van der Waals surface area contributed by atoms with E-state index in [-0.39, 0.29) is 31.0 Å². The fourth-order valence-electron chi connectivity index (χ4n) is 5.97. The van der Waals surface area contributed by atoms with E-state index in [1.807, 2.05) is 21.4 Å². The van der Waals surface area contributed by atoms with Gasteiger partial charge in [-0.15, -0.1) is 0 Å². The lowest BCUT2D eigenvalue weighted by molar-refractivity contribution is 0.0572. The third kappa shape index (κ3) is 4.17. The molecule has 9 heteroatoms. The summed E-state index contributed by atoms with van der Waals surface area (Å²) in [6, 6.07) is 13.1. The van der Waals surface area contributed by atoms with Crippen LogP contribution in [0.3, 0.4) is 0 Å². The number of β-amino-alcohol motifs (C(OH)–C–C–N with tert-alkyl or cyclic N) is 2. The molecular weight excluding hydrogens is 497 g/mol. The highest BCUT2D eigenvalue weighted by Crippen LogP contribution is 2.41. The number of hydrogen-bond acceptors (Lipinski definition) is 6. The maximum Gasteiger partial charge on any atom is 0.274 e. The van der Waals surface area contributed by atoms with Crippen LogP contribution < -0.4 is 4.90 Å². The normalized spacial score (nSPS) is 22.9. The van der Waals surface area contributed by atoms with Crippen molar-refractivity contribution in [1.29, 1.82) is 0 Å². The van der Waals surface area contributed by atoms with Gasteiger partial charge in [0, 0.05) is 49.2 Å². The summed E-state index contributed by atoms with van der Waals surface area (Å²) in [5.41, 5.74) is 5.67. The molecule has 7 rings (SSSR count). The van der Waals surface area contributed by atoms with Crippen LogP contribution in [0.4, 0.5) is 10.1 Å². The van der Waals surface area contributed by atoms with Gasteiger partial charge in [0.05, 0.1) is 29.6 Å². The van der Waals surface area contributed by atoms with Gasteiger partial charge in [0.1, 0.15) is 11.5 Å². The zero-order chi connectivity index (χ0) is 26.8. The number of aliphatic hydroxyl groups is 2. The molecule has 3 aliphatic rings. The molecule has 0 unspecified atom stereocenters. The zero-order valence-electron chi connectivity index (χ0n) is 21.7. The van der Waals surface area contributed by atoms with Gasteiger partial charge in [-0.25, -0.2) is 14.4 Å². The van der Waals surface area contributed by atoms with E-state index in [9.17, 15) is 15.0 Å². The van der Waals surface area contributed by atoms with E-state index in [1.54, 1.807) is 29.4 Å². The second kappa shape index (κ2) is 9.14. The highest BCUT2D eigenvalue weighted by Gasteiger charge is 2.33. The highest BCUT2D eigenvalue weighted by atomic mass is 19.1. The molecule has 2 fully saturated rings. The highest BCUT2D eigenvalue weighted by molar-refractivity contribution is 5.93. The molecule has 2 aromatic heterocycles. The summed E-state index contributed by atoms with van der Waals surface area (Å²) in [6.45, 7) is 3.19. The molecule has 2 aliphatic heterocycles. The molecule has 2 aromatic carbocycles. The van der Waals surface area contributed by atoms with Crippen LogP contribution in [0.25, 0.3) is 16.9 Å². The minimum absolute atomic E-state index is 0.0480. The van der Waals surface area contributed by atoms with E-state index in [4.69, 9.17) is 9.97 Å². The lowest BCUT2D eigenvalue weighted by Gasteiger charge is -2.35. The van der Waals surface area contributed by atoms with Crippen LogP contribution in [0.2, 0.25) is 0 Å². The Kier molecular flexibility index (Phi) is 5.68. The Morgan fingerprint density at radius 3 is 2.54 bits per heavy atom. The van der Waals surface area contributed by atoms with Gasteiger partial charge in [-0.2, -0.15) is 0 Å². The van der Waals surface area contributed by atoms with Crippen LogP contribution in [-0.2, 0) is 6.42 Å². The van der Waals surface area contributed by atoms with Crippen molar-refractivity contribution in [2.75, 3.05) is 24.5 Å². The van der Waals surface area contributed by atoms with Crippen LogP contribution in [0.1, 0.15) is 59.0 Å². The first-order valence-electron chi connectivity index (χ1n) is 13.6. The van der Waals surface area contributed by atoms with Crippen molar-refractivity contribution >= 4 is 17.2 Å². The number of aliphatic hydroxyl groups excluding tert-OH is 2. The topological polar surface area (TPSA) is 94.2 Å². The number of carbonyl (C=O) groups excluding carboxylic acids is 1. The molecule has 8 nitrogen and oxygen atoms in total. The van der Waals surface area contributed by atoms with Crippen LogP contribution in [-0.4, -0.2) is 67.2 Å².